The molecule has 0 fully saturated rings. The van der Waals surface area contributed by atoms with Gasteiger partial charge in [-0.1, -0.05) is 0 Å². The Kier molecular flexibility index (Phi) is 1.84. The summed E-state index contributed by atoms with van der Waals surface area (Å²) in [4.78, 5) is 10.6. The molecular weight excluding hydrogens is 135 g/mol. The fraction of sp³-hybridized carbons (Fsp3) is 0. The van der Waals surface area contributed by atoms with E-state index in [0.29, 0.717) is 0 Å². The highest BCUT2D eigenvalue weighted by atomic mass is 16.4. The molecule has 1 rings (SSSR count). The lowest BCUT2D eigenvalue weighted by Crippen LogP contribution is -2.42. The van der Waals surface area contributed by atoms with E-state index in [0.717, 1.165) is 0 Å². The quantitative estimate of drug-likeness (QED) is 0.374. The van der Waals surface area contributed by atoms with Crippen molar-refractivity contribution < 1.29 is 10.0 Å². The van der Waals surface area contributed by atoms with Crippen LogP contribution in [0.4, 0.5) is 0 Å². The SMILES string of the molecule is O=c1[nH]nccc1B(O)O. The van der Waals surface area contributed by atoms with Gasteiger partial charge in [-0.05, 0) is 6.07 Å². The van der Waals surface area contributed by atoms with Crippen molar-refractivity contribution in [2.75, 3.05) is 0 Å². The molecule has 0 unspecified atom stereocenters. The highest BCUT2D eigenvalue weighted by Gasteiger charge is 2.13. The van der Waals surface area contributed by atoms with Crippen LogP contribution >= 0.6 is 0 Å². The van der Waals surface area contributed by atoms with Crippen LogP contribution in [-0.4, -0.2) is 27.4 Å². The number of hydrogen-bond donors (Lipinski definition) is 3. The highest BCUT2D eigenvalue weighted by molar-refractivity contribution is 6.58. The molecule has 6 heteroatoms. The van der Waals surface area contributed by atoms with Crippen LogP contribution in [0.15, 0.2) is 17.1 Å². The Morgan fingerprint density at radius 2 is 2.30 bits per heavy atom. The van der Waals surface area contributed by atoms with Crippen molar-refractivity contribution in [2.24, 2.45) is 0 Å². The van der Waals surface area contributed by atoms with E-state index < -0.39 is 12.7 Å². The summed E-state index contributed by atoms with van der Waals surface area (Å²) in [7, 11) is -1.73. The molecule has 0 aliphatic heterocycles. The fourth-order valence-electron chi connectivity index (χ4n) is 0.557. The third kappa shape index (κ3) is 1.23. The molecule has 0 aliphatic rings. The minimum atomic E-state index is -1.73. The fourth-order valence-corrected chi connectivity index (χ4v) is 0.557. The van der Waals surface area contributed by atoms with Crippen LogP contribution in [0.2, 0.25) is 0 Å². The van der Waals surface area contributed by atoms with Gasteiger partial charge in [-0.2, -0.15) is 5.10 Å². The molecule has 3 N–H and O–H groups in total. The maximum Gasteiger partial charge on any atom is 0.494 e. The van der Waals surface area contributed by atoms with Gasteiger partial charge in [-0.15, -0.1) is 0 Å². The van der Waals surface area contributed by atoms with Gasteiger partial charge in [-0.25, -0.2) is 5.10 Å². The number of nitrogens with zero attached hydrogens (tertiary/aromatic N) is 1. The molecule has 0 atom stereocenters. The first-order valence-electron chi connectivity index (χ1n) is 2.61. The summed E-state index contributed by atoms with van der Waals surface area (Å²) in [5, 5.41) is 22.4. The Morgan fingerprint density at radius 3 is 2.70 bits per heavy atom. The van der Waals surface area contributed by atoms with Gasteiger partial charge < -0.3 is 10.0 Å². The van der Waals surface area contributed by atoms with Crippen LogP contribution in [0.3, 0.4) is 0 Å². The first-order chi connectivity index (χ1) is 4.72. The number of aromatic amines is 1. The lowest BCUT2D eigenvalue weighted by Gasteiger charge is -1.93. The second-order valence-electron chi connectivity index (χ2n) is 1.71. The molecule has 0 amide bonds. The van der Waals surface area contributed by atoms with E-state index >= 15 is 0 Å². The molecule has 0 saturated heterocycles. The molecular formula is C4H5BN2O3. The first-order valence-corrected chi connectivity index (χ1v) is 2.61. The Hall–Kier alpha value is -1.14. The van der Waals surface area contributed by atoms with Crippen LogP contribution in [0.5, 0.6) is 0 Å². The number of rotatable bonds is 1. The lowest BCUT2D eigenvalue weighted by atomic mass is 9.82. The van der Waals surface area contributed by atoms with Crippen molar-refractivity contribution >= 4 is 12.6 Å². The Bertz CT molecular complexity index is 271. The van der Waals surface area contributed by atoms with Crippen molar-refractivity contribution in [3.8, 4) is 0 Å². The van der Waals surface area contributed by atoms with Gasteiger partial charge in [0.1, 0.15) is 0 Å². The standard InChI is InChI=1S/C4H5BN2O3/c8-4-3(5(9)10)1-2-6-7-4/h1-2,9-10H,(H,7,8). The summed E-state index contributed by atoms with van der Waals surface area (Å²) in [6, 6.07) is 1.24. The molecule has 0 aliphatic carbocycles. The van der Waals surface area contributed by atoms with Gasteiger partial charge in [0.15, 0.2) is 0 Å². The Balaban J connectivity index is 3.16. The van der Waals surface area contributed by atoms with Crippen molar-refractivity contribution in [3.05, 3.63) is 22.6 Å². The lowest BCUT2D eigenvalue weighted by molar-refractivity contribution is 0.425. The second kappa shape index (κ2) is 2.63. The summed E-state index contributed by atoms with van der Waals surface area (Å²) in [5.74, 6) is 0. The molecule has 0 bridgehead atoms. The first kappa shape index (κ1) is 6.98. The van der Waals surface area contributed by atoms with Crippen molar-refractivity contribution in [3.63, 3.8) is 0 Å². The molecule has 1 heterocycles. The van der Waals surface area contributed by atoms with E-state index in [1.807, 2.05) is 0 Å². The zero-order valence-corrected chi connectivity index (χ0v) is 4.98. The van der Waals surface area contributed by atoms with Crippen LogP contribution in [-0.2, 0) is 0 Å². The van der Waals surface area contributed by atoms with E-state index in [1.54, 1.807) is 0 Å². The second-order valence-corrected chi connectivity index (χ2v) is 1.71. The zero-order valence-electron chi connectivity index (χ0n) is 4.98. The molecule has 1 aromatic rings. The van der Waals surface area contributed by atoms with Crippen LogP contribution in [0.1, 0.15) is 0 Å². The van der Waals surface area contributed by atoms with E-state index in [2.05, 4.69) is 10.2 Å². The molecule has 1 aromatic heterocycles. The van der Waals surface area contributed by atoms with E-state index in [4.69, 9.17) is 10.0 Å². The van der Waals surface area contributed by atoms with Gasteiger partial charge in [0, 0.05) is 6.20 Å². The topological polar surface area (TPSA) is 86.2 Å². The van der Waals surface area contributed by atoms with Crippen LogP contribution in [0, 0.1) is 0 Å². The normalized spacial score (nSPS) is 9.40. The van der Waals surface area contributed by atoms with Crippen LogP contribution in [0.25, 0.3) is 0 Å². The van der Waals surface area contributed by atoms with E-state index in [9.17, 15) is 4.79 Å². The molecule has 0 saturated carbocycles. The predicted molar refractivity (Wildman–Crippen MR) is 34.7 cm³/mol. The Labute approximate surface area is 56.5 Å². The minimum absolute atomic E-state index is 0.102. The van der Waals surface area contributed by atoms with Gasteiger partial charge >= 0.3 is 7.12 Å². The molecule has 0 radical (unpaired) electrons. The number of nitrogens with one attached hydrogen (secondary N) is 1. The van der Waals surface area contributed by atoms with Crippen LogP contribution < -0.4 is 11.0 Å². The molecule has 0 spiro atoms. The number of H-pyrrole nitrogens is 1. The third-order valence-electron chi connectivity index (χ3n) is 1.04. The minimum Gasteiger partial charge on any atom is -0.423 e. The summed E-state index contributed by atoms with van der Waals surface area (Å²) in [6.45, 7) is 0. The summed E-state index contributed by atoms with van der Waals surface area (Å²) >= 11 is 0. The zero-order chi connectivity index (χ0) is 7.56. The van der Waals surface area contributed by atoms with Gasteiger partial charge in [0.25, 0.3) is 5.56 Å². The van der Waals surface area contributed by atoms with Gasteiger partial charge in [0.05, 0.1) is 5.46 Å². The average Bonchev–Trinajstić information content (AvgIpc) is 1.88. The largest absolute Gasteiger partial charge is 0.494 e. The van der Waals surface area contributed by atoms with Crippen molar-refractivity contribution in [2.45, 2.75) is 0 Å². The van der Waals surface area contributed by atoms with E-state index in [1.165, 1.54) is 12.3 Å². The molecule has 52 valence electrons. The van der Waals surface area contributed by atoms with E-state index in [-0.39, 0.29) is 5.46 Å². The molecule has 0 aromatic carbocycles. The van der Waals surface area contributed by atoms with Crippen molar-refractivity contribution in [1.29, 1.82) is 0 Å². The summed E-state index contributed by atoms with van der Waals surface area (Å²) < 4.78 is 0. The highest BCUT2D eigenvalue weighted by Crippen LogP contribution is 1.67. The molecule has 10 heavy (non-hydrogen) atoms. The summed E-state index contributed by atoms with van der Waals surface area (Å²) in [5.41, 5.74) is -0.687. The maximum atomic E-state index is 10.6. The third-order valence-corrected chi connectivity index (χ3v) is 1.04. The number of hydrogen-bond acceptors (Lipinski definition) is 4. The van der Waals surface area contributed by atoms with Gasteiger partial charge in [-0.3, -0.25) is 4.79 Å². The Morgan fingerprint density at radius 1 is 1.60 bits per heavy atom. The smallest absolute Gasteiger partial charge is 0.423 e. The maximum absolute atomic E-state index is 10.6. The monoisotopic (exact) mass is 140 g/mol. The average molecular weight is 140 g/mol. The number of aromatic nitrogens is 2. The predicted octanol–water partition coefficient (Wildman–Crippen LogP) is -2.55. The van der Waals surface area contributed by atoms with Crippen molar-refractivity contribution in [1.82, 2.24) is 10.2 Å². The summed E-state index contributed by atoms with van der Waals surface area (Å²) in [6.07, 6.45) is 1.27. The van der Waals surface area contributed by atoms with Gasteiger partial charge in [0.2, 0.25) is 0 Å². The molecule has 5 nitrogen and oxygen atoms in total.